The molecule has 1 aliphatic rings. The number of nitrogens with zero attached hydrogens (tertiary/aromatic N) is 1. The molecular weight excluding hydrogens is 222 g/mol. The summed E-state index contributed by atoms with van der Waals surface area (Å²) >= 11 is 0. The van der Waals surface area contributed by atoms with Gasteiger partial charge in [-0.05, 0) is 12.3 Å². The first-order valence-corrected chi connectivity index (χ1v) is 5.94. The summed E-state index contributed by atoms with van der Waals surface area (Å²) in [4.78, 5) is 24.8. The fourth-order valence-corrected chi connectivity index (χ4v) is 2.29. The first kappa shape index (κ1) is 14.0. The van der Waals surface area contributed by atoms with E-state index in [1.165, 1.54) is 0 Å². The Bertz CT molecular complexity index is 303. The van der Waals surface area contributed by atoms with Crippen LogP contribution < -0.4 is 0 Å². The number of carboxylic acids is 1. The predicted octanol–water partition coefficient (Wildman–Crippen LogP) is 0.982. The molecule has 1 rings (SSSR count). The first-order valence-electron chi connectivity index (χ1n) is 5.94. The van der Waals surface area contributed by atoms with Crippen molar-refractivity contribution in [2.75, 3.05) is 26.8 Å². The van der Waals surface area contributed by atoms with Crippen LogP contribution in [0, 0.1) is 11.3 Å². The molecule has 0 radical (unpaired) electrons. The Labute approximate surface area is 102 Å². The Morgan fingerprint density at radius 2 is 2.12 bits per heavy atom. The second-order valence-electron chi connectivity index (χ2n) is 4.92. The Morgan fingerprint density at radius 3 is 2.53 bits per heavy atom. The van der Waals surface area contributed by atoms with E-state index in [2.05, 4.69) is 0 Å². The molecular formula is C12H21NO4. The Balaban J connectivity index is 2.67. The van der Waals surface area contributed by atoms with Gasteiger partial charge in [0.05, 0.1) is 18.4 Å². The second-order valence-corrected chi connectivity index (χ2v) is 4.92. The molecule has 98 valence electrons. The lowest BCUT2D eigenvalue weighted by Crippen LogP contribution is -2.40. The minimum absolute atomic E-state index is 0.0179. The molecule has 0 aromatic rings. The van der Waals surface area contributed by atoms with Crippen molar-refractivity contribution < 1.29 is 19.4 Å². The van der Waals surface area contributed by atoms with E-state index in [4.69, 9.17) is 4.74 Å². The minimum Gasteiger partial charge on any atom is -0.481 e. The number of hydrogen-bond acceptors (Lipinski definition) is 3. The van der Waals surface area contributed by atoms with Crippen LogP contribution in [0.15, 0.2) is 0 Å². The number of carbonyl (C=O) groups excluding carboxylic acids is 1. The van der Waals surface area contributed by atoms with Gasteiger partial charge in [-0.25, -0.2) is 0 Å². The van der Waals surface area contributed by atoms with Crippen molar-refractivity contribution in [1.29, 1.82) is 0 Å². The summed E-state index contributed by atoms with van der Waals surface area (Å²) in [6, 6.07) is 0. The maximum atomic E-state index is 11.8. The summed E-state index contributed by atoms with van der Waals surface area (Å²) in [6.45, 7) is 5.04. The van der Waals surface area contributed by atoms with Crippen molar-refractivity contribution in [3.63, 3.8) is 0 Å². The lowest BCUT2D eigenvalue weighted by atomic mass is 9.76. The third-order valence-electron chi connectivity index (χ3n) is 3.70. The quantitative estimate of drug-likeness (QED) is 0.781. The largest absolute Gasteiger partial charge is 0.481 e. The molecule has 0 bridgehead atoms. The molecule has 0 saturated carbocycles. The molecule has 1 heterocycles. The van der Waals surface area contributed by atoms with Crippen molar-refractivity contribution in [1.82, 2.24) is 4.90 Å². The number of aliphatic carboxylic acids is 1. The van der Waals surface area contributed by atoms with Gasteiger partial charge in [0.2, 0.25) is 5.91 Å². The van der Waals surface area contributed by atoms with Crippen LogP contribution in [-0.2, 0) is 14.3 Å². The number of likely N-dealkylation sites (tertiary alicyclic amines) is 1. The Hall–Kier alpha value is -1.10. The molecule has 1 unspecified atom stereocenters. The van der Waals surface area contributed by atoms with Crippen LogP contribution in [0.5, 0.6) is 0 Å². The van der Waals surface area contributed by atoms with Gasteiger partial charge in [0, 0.05) is 20.2 Å². The minimum atomic E-state index is -0.797. The van der Waals surface area contributed by atoms with Gasteiger partial charge in [-0.1, -0.05) is 13.8 Å². The van der Waals surface area contributed by atoms with E-state index in [1.807, 2.05) is 13.8 Å². The van der Waals surface area contributed by atoms with Gasteiger partial charge in [-0.2, -0.15) is 0 Å². The zero-order chi connectivity index (χ0) is 13.1. The van der Waals surface area contributed by atoms with Crippen molar-refractivity contribution in [2.45, 2.75) is 26.7 Å². The van der Waals surface area contributed by atoms with Gasteiger partial charge in [0.1, 0.15) is 0 Å². The second kappa shape index (κ2) is 5.49. The lowest BCUT2D eigenvalue weighted by molar-refractivity contribution is -0.151. The number of amides is 1. The van der Waals surface area contributed by atoms with Crippen LogP contribution in [0.3, 0.4) is 0 Å². The van der Waals surface area contributed by atoms with Gasteiger partial charge in [0.15, 0.2) is 0 Å². The normalized spacial score (nSPS) is 24.4. The van der Waals surface area contributed by atoms with E-state index in [-0.39, 0.29) is 11.8 Å². The van der Waals surface area contributed by atoms with E-state index in [0.29, 0.717) is 32.5 Å². The molecule has 0 aliphatic carbocycles. The summed E-state index contributed by atoms with van der Waals surface area (Å²) in [5.74, 6) is -0.787. The van der Waals surface area contributed by atoms with Crippen molar-refractivity contribution in [2.24, 2.45) is 11.3 Å². The summed E-state index contributed by atoms with van der Waals surface area (Å²) < 4.78 is 4.86. The highest BCUT2D eigenvalue weighted by Gasteiger charge is 2.48. The molecule has 17 heavy (non-hydrogen) atoms. The zero-order valence-corrected chi connectivity index (χ0v) is 10.7. The average Bonchev–Trinajstić information content (AvgIpc) is 2.72. The molecule has 0 spiro atoms. The van der Waals surface area contributed by atoms with Crippen LogP contribution in [-0.4, -0.2) is 48.7 Å². The van der Waals surface area contributed by atoms with Crippen molar-refractivity contribution >= 4 is 11.9 Å². The maximum absolute atomic E-state index is 11.8. The molecule has 5 heteroatoms. The van der Waals surface area contributed by atoms with Gasteiger partial charge in [-0.3, -0.25) is 9.59 Å². The fourth-order valence-electron chi connectivity index (χ4n) is 2.29. The molecule has 1 saturated heterocycles. The van der Waals surface area contributed by atoms with Crippen LogP contribution >= 0.6 is 0 Å². The van der Waals surface area contributed by atoms with Crippen LogP contribution in [0.2, 0.25) is 0 Å². The topological polar surface area (TPSA) is 66.8 Å². The smallest absolute Gasteiger partial charge is 0.311 e. The number of methoxy groups -OCH3 is 1. The molecule has 1 N–H and O–H groups in total. The number of hydrogen-bond donors (Lipinski definition) is 1. The van der Waals surface area contributed by atoms with Gasteiger partial charge in [0.25, 0.3) is 0 Å². The SMILES string of the molecule is COCCC(=O)N1CCC(C(=O)O)(C(C)C)C1. The molecule has 1 amide bonds. The van der Waals surface area contributed by atoms with Crippen LogP contribution in [0.4, 0.5) is 0 Å². The highest BCUT2D eigenvalue weighted by molar-refractivity contribution is 5.80. The summed E-state index contributed by atoms with van der Waals surface area (Å²) in [5, 5.41) is 9.35. The number of carboxylic acid groups (broad SMARTS) is 1. The van der Waals surface area contributed by atoms with E-state index < -0.39 is 11.4 Å². The van der Waals surface area contributed by atoms with Gasteiger partial charge >= 0.3 is 5.97 Å². The third-order valence-corrected chi connectivity index (χ3v) is 3.70. The van der Waals surface area contributed by atoms with E-state index >= 15 is 0 Å². The maximum Gasteiger partial charge on any atom is 0.311 e. The van der Waals surface area contributed by atoms with E-state index in [1.54, 1.807) is 12.0 Å². The van der Waals surface area contributed by atoms with Crippen molar-refractivity contribution in [3.05, 3.63) is 0 Å². The molecule has 5 nitrogen and oxygen atoms in total. The number of rotatable bonds is 5. The zero-order valence-electron chi connectivity index (χ0n) is 10.7. The standard InChI is InChI=1S/C12H21NO4/c1-9(2)12(11(15)16)5-6-13(8-12)10(14)4-7-17-3/h9H,4-8H2,1-3H3,(H,15,16). The monoisotopic (exact) mass is 243 g/mol. The molecule has 0 aromatic heterocycles. The summed E-state index contributed by atoms with van der Waals surface area (Å²) in [5.41, 5.74) is -0.775. The average molecular weight is 243 g/mol. The number of carbonyl (C=O) groups is 2. The van der Waals surface area contributed by atoms with Crippen LogP contribution in [0.1, 0.15) is 26.7 Å². The molecule has 0 aromatic carbocycles. The predicted molar refractivity (Wildman–Crippen MR) is 62.6 cm³/mol. The third kappa shape index (κ3) is 2.77. The Morgan fingerprint density at radius 1 is 1.47 bits per heavy atom. The van der Waals surface area contributed by atoms with Crippen molar-refractivity contribution in [3.8, 4) is 0 Å². The lowest BCUT2D eigenvalue weighted by Gasteiger charge is -2.28. The van der Waals surface area contributed by atoms with E-state index in [0.717, 1.165) is 0 Å². The highest BCUT2D eigenvalue weighted by Crippen LogP contribution is 2.38. The summed E-state index contributed by atoms with van der Waals surface area (Å²) in [6.07, 6.45) is 0.864. The Kier molecular flexibility index (Phi) is 4.51. The number of ether oxygens (including phenoxy) is 1. The molecule has 1 aliphatic heterocycles. The van der Waals surface area contributed by atoms with Gasteiger partial charge in [-0.15, -0.1) is 0 Å². The van der Waals surface area contributed by atoms with Gasteiger partial charge < -0.3 is 14.7 Å². The van der Waals surface area contributed by atoms with E-state index in [9.17, 15) is 14.7 Å². The molecule has 1 atom stereocenters. The summed E-state index contributed by atoms with van der Waals surface area (Å²) in [7, 11) is 1.55. The van der Waals surface area contributed by atoms with Crippen LogP contribution in [0.25, 0.3) is 0 Å². The fraction of sp³-hybridized carbons (Fsp3) is 0.833. The highest BCUT2D eigenvalue weighted by atomic mass is 16.5. The first-order chi connectivity index (χ1) is 7.94. The molecule has 1 fully saturated rings.